The van der Waals surface area contributed by atoms with Gasteiger partial charge in [-0.2, -0.15) is 0 Å². The van der Waals surface area contributed by atoms with E-state index in [1.54, 1.807) is 24.3 Å². The zero-order chi connectivity index (χ0) is 22.9. The number of ketones is 1. The number of amides is 2. The van der Waals surface area contributed by atoms with Crippen molar-refractivity contribution in [3.8, 4) is 11.1 Å². The summed E-state index contributed by atoms with van der Waals surface area (Å²) in [6.45, 7) is 0. The van der Waals surface area contributed by atoms with Gasteiger partial charge >= 0.3 is 0 Å². The molecule has 0 radical (unpaired) electrons. The summed E-state index contributed by atoms with van der Waals surface area (Å²) in [5.41, 5.74) is 3.51. The van der Waals surface area contributed by atoms with Crippen molar-refractivity contribution in [3.63, 3.8) is 0 Å². The van der Waals surface area contributed by atoms with Crippen molar-refractivity contribution in [2.24, 2.45) is 5.92 Å². The van der Waals surface area contributed by atoms with Crippen molar-refractivity contribution in [1.82, 2.24) is 0 Å². The molecule has 0 aliphatic heterocycles. The molecule has 0 aromatic heterocycles. The Morgan fingerprint density at radius 1 is 0.788 bits per heavy atom. The second kappa shape index (κ2) is 8.62. The van der Waals surface area contributed by atoms with Gasteiger partial charge in [0.1, 0.15) is 5.82 Å². The topological polar surface area (TPSA) is 75.3 Å². The van der Waals surface area contributed by atoms with Crippen LogP contribution in [0.1, 0.15) is 58.4 Å². The number of benzene rings is 3. The van der Waals surface area contributed by atoms with Crippen LogP contribution >= 0.6 is 0 Å². The Kier molecular flexibility index (Phi) is 5.50. The fraction of sp³-hybridized carbons (Fsp3) is 0.222. The normalized spacial score (nSPS) is 15.0. The van der Waals surface area contributed by atoms with E-state index in [4.69, 9.17) is 0 Å². The van der Waals surface area contributed by atoms with E-state index in [0.29, 0.717) is 22.4 Å². The third-order valence-corrected chi connectivity index (χ3v) is 6.45. The zero-order valence-electron chi connectivity index (χ0n) is 18.0. The summed E-state index contributed by atoms with van der Waals surface area (Å²) in [6.07, 6.45) is 4.76. The average Bonchev–Trinajstić information content (AvgIpc) is 3.13. The molecule has 5 rings (SSSR count). The van der Waals surface area contributed by atoms with E-state index in [1.807, 2.05) is 18.2 Å². The van der Waals surface area contributed by atoms with Crippen molar-refractivity contribution in [3.05, 3.63) is 83.2 Å². The molecular formula is C27H23FN2O3. The third-order valence-electron chi connectivity index (χ3n) is 6.45. The molecule has 0 heterocycles. The number of hydrogen-bond donors (Lipinski definition) is 2. The molecule has 3 aromatic rings. The minimum absolute atomic E-state index is 0.0444. The van der Waals surface area contributed by atoms with E-state index >= 15 is 0 Å². The van der Waals surface area contributed by atoms with Crippen LogP contribution in [0.25, 0.3) is 11.1 Å². The van der Waals surface area contributed by atoms with Gasteiger partial charge in [0, 0.05) is 28.3 Å². The lowest BCUT2D eigenvalue weighted by atomic mass is 9.88. The van der Waals surface area contributed by atoms with Gasteiger partial charge in [0.05, 0.1) is 5.69 Å². The Hall–Kier alpha value is -3.80. The van der Waals surface area contributed by atoms with E-state index in [9.17, 15) is 18.8 Å². The number of fused-ring (bicyclic) bond motifs is 3. The fourth-order valence-corrected chi connectivity index (χ4v) is 4.67. The highest BCUT2D eigenvalue weighted by Crippen LogP contribution is 2.37. The molecule has 166 valence electrons. The van der Waals surface area contributed by atoms with E-state index in [0.717, 1.165) is 43.2 Å². The highest BCUT2D eigenvalue weighted by molar-refractivity contribution is 6.22. The molecule has 0 spiro atoms. The smallest absolute Gasteiger partial charge is 0.255 e. The standard InChI is InChI=1S/C27H23FN2O3/c28-23-13-11-18(15-24(23)30-26(32)16-6-2-1-3-7-16)29-27(33)17-10-12-20-19-8-4-5-9-21(19)25(31)22(20)14-17/h4-5,8-16H,1-3,6-7H2,(H,29,33)(H,30,32). The molecule has 3 aromatic carbocycles. The van der Waals surface area contributed by atoms with Gasteiger partial charge < -0.3 is 10.6 Å². The van der Waals surface area contributed by atoms with Crippen LogP contribution in [0.3, 0.4) is 0 Å². The second-order valence-corrected chi connectivity index (χ2v) is 8.61. The first-order valence-electron chi connectivity index (χ1n) is 11.2. The highest BCUT2D eigenvalue weighted by atomic mass is 19.1. The van der Waals surface area contributed by atoms with Gasteiger partial charge in [-0.3, -0.25) is 14.4 Å². The number of rotatable bonds is 4. The van der Waals surface area contributed by atoms with Crippen LogP contribution in [-0.4, -0.2) is 17.6 Å². The van der Waals surface area contributed by atoms with Gasteiger partial charge in [-0.25, -0.2) is 4.39 Å². The van der Waals surface area contributed by atoms with E-state index in [2.05, 4.69) is 10.6 Å². The predicted octanol–water partition coefficient (Wildman–Crippen LogP) is 5.81. The lowest BCUT2D eigenvalue weighted by Crippen LogP contribution is -2.25. The summed E-state index contributed by atoms with van der Waals surface area (Å²) < 4.78 is 14.3. The highest BCUT2D eigenvalue weighted by Gasteiger charge is 2.27. The van der Waals surface area contributed by atoms with Crippen LogP contribution in [0.2, 0.25) is 0 Å². The van der Waals surface area contributed by atoms with Gasteiger partial charge in [-0.1, -0.05) is 49.6 Å². The molecular weight excluding hydrogens is 419 g/mol. The van der Waals surface area contributed by atoms with Crippen LogP contribution in [-0.2, 0) is 4.79 Å². The molecule has 2 aliphatic carbocycles. The number of anilines is 2. The summed E-state index contributed by atoms with van der Waals surface area (Å²) in [6, 6.07) is 16.5. The van der Waals surface area contributed by atoms with Crippen molar-refractivity contribution < 1.29 is 18.8 Å². The van der Waals surface area contributed by atoms with Gasteiger partial charge in [-0.05, 0) is 54.3 Å². The minimum atomic E-state index is -0.557. The predicted molar refractivity (Wildman–Crippen MR) is 125 cm³/mol. The van der Waals surface area contributed by atoms with Crippen LogP contribution < -0.4 is 10.6 Å². The number of hydrogen-bond acceptors (Lipinski definition) is 3. The summed E-state index contributed by atoms with van der Waals surface area (Å²) >= 11 is 0. The zero-order valence-corrected chi connectivity index (χ0v) is 18.0. The Morgan fingerprint density at radius 2 is 1.52 bits per heavy atom. The maximum absolute atomic E-state index is 14.3. The molecule has 0 bridgehead atoms. The Balaban J connectivity index is 1.33. The monoisotopic (exact) mass is 442 g/mol. The van der Waals surface area contributed by atoms with Crippen molar-refractivity contribution >= 4 is 29.0 Å². The third kappa shape index (κ3) is 4.04. The molecule has 33 heavy (non-hydrogen) atoms. The first kappa shape index (κ1) is 21.1. The quantitative estimate of drug-likeness (QED) is 0.419. The molecule has 5 nitrogen and oxygen atoms in total. The molecule has 6 heteroatoms. The van der Waals surface area contributed by atoms with E-state index < -0.39 is 11.7 Å². The number of halogens is 1. The molecule has 0 atom stereocenters. The molecule has 2 amide bonds. The van der Waals surface area contributed by atoms with Crippen LogP contribution in [0, 0.1) is 11.7 Å². The molecule has 1 fully saturated rings. The number of nitrogens with one attached hydrogen (secondary N) is 2. The Bertz CT molecular complexity index is 1280. The van der Waals surface area contributed by atoms with E-state index in [1.165, 1.54) is 18.2 Å². The van der Waals surface area contributed by atoms with Gasteiger partial charge in [-0.15, -0.1) is 0 Å². The van der Waals surface area contributed by atoms with Crippen LogP contribution in [0.4, 0.5) is 15.8 Å². The van der Waals surface area contributed by atoms with Crippen molar-refractivity contribution in [2.45, 2.75) is 32.1 Å². The van der Waals surface area contributed by atoms with Gasteiger partial charge in [0.25, 0.3) is 5.91 Å². The molecule has 2 N–H and O–H groups in total. The molecule has 0 unspecified atom stereocenters. The maximum Gasteiger partial charge on any atom is 0.255 e. The first-order valence-corrected chi connectivity index (χ1v) is 11.2. The molecule has 2 aliphatic rings. The Labute approximate surface area is 191 Å². The van der Waals surface area contributed by atoms with Crippen molar-refractivity contribution in [1.29, 1.82) is 0 Å². The fourth-order valence-electron chi connectivity index (χ4n) is 4.67. The van der Waals surface area contributed by atoms with Crippen LogP contribution in [0.5, 0.6) is 0 Å². The lowest BCUT2D eigenvalue weighted by molar-refractivity contribution is -0.120. The molecule has 1 saturated carbocycles. The largest absolute Gasteiger partial charge is 0.323 e. The van der Waals surface area contributed by atoms with E-state index in [-0.39, 0.29) is 23.3 Å². The molecule has 0 saturated heterocycles. The van der Waals surface area contributed by atoms with Gasteiger partial charge in [0.15, 0.2) is 5.78 Å². The maximum atomic E-state index is 14.3. The lowest BCUT2D eigenvalue weighted by Gasteiger charge is -2.21. The average molecular weight is 442 g/mol. The summed E-state index contributed by atoms with van der Waals surface area (Å²) in [4.78, 5) is 38.1. The Morgan fingerprint density at radius 3 is 2.30 bits per heavy atom. The second-order valence-electron chi connectivity index (χ2n) is 8.61. The number of carbonyl (C=O) groups excluding carboxylic acids is 3. The summed E-state index contributed by atoms with van der Waals surface area (Å²) in [7, 11) is 0. The summed E-state index contributed by atoms with van der Waals surface area (Å²) in [5, 5.41) is 5.41. The first-order chi connectivity index (χ1) is 16.0. The summed E-state index contributed by atoms with van der Waals surface area (Å²) in [5.74, 6) is -1.38. The minimum Gasteiger partial charge on any atom is -0.323 e. The SMILES string of the molecule is O=C(Nc1ccc(F)c(NC(=O)C2CCCCC2)c1)c1ccc2c(c1)C(=O)c1ccccc1-2. The van der Waals surface area contributed by atoms with Crippen molar-refractivity contribution in [2.75, 3.05) is 10.6 Å². The van der Waals surface area contributed by atoms with Gasteiger partial charge in [0.2, 0.25) is 5.91 Å². The number of carbonyl (C=O) groups is 3. The van der Waals surface area contributed by atoms with Crippen LogP contribution in [0.15, 0.2) is 60.7 Å².